The predicted octanol–water partition coefficient (Wildman–Crippen LogP) is 2.42. The van der Waals surface area contributed by atoms with Crippen LogP contribution in [0.4, 0.5) is 19.3 Å². The van der Waals surface area contributed by atoms with E-state index in [0.29, 0.717) is 0 Å². The molecule has 0 saturated heterocycles. The molecule has 1 aromatic rings. The van der Waals surface area contributed by atoms with E-state index in [-0.39, 0.29) is 16.3 Å². The lowest BCUT2D eigenvalue weighted by Gasteiger charge is -2.10. The maximum absolute atomic E-state index is 11.8. The zero-order valence-electron chi connectivity index (χ0n) is 8.91. The average Bonchev–Trinajstić information content (AvgIpc) is 2.26. The van der Waals surface area contributed by atoms with Gasteiger partial charge in [-0.05, 0) is 18.2 Å². The number of urea groups is 1. The molecule has 2 amide bonds. The first-order valence-corrected chi connectivity index (χ1v) is 5.14. The summed E-state index contributed by atoms with van der Waals surface area (Å²) in [6.45, 7) is -0.825. The number of halogens is 3. The van der Waals surface area contributed by atoms with Gasteiger partial charge in [-0.1, -0.05) is 11.6 Å². The van der Waals surface area contributed by atoms with Crippen molar-refractivity contribution >= 4 is 29.3 Å². The molecular formula is C10H9ClF2N2O3. The lowest BCUT2D eigenvalue weighted by atomic mass is 10.2. The van der Waals surface area contributed by atoms with Crippen LogP contribution in [0.2, 0.25) is 5.02 Å². The Morgan fingerprint density at radius 1 is 1.39 bits per heavy atom. The van der Waals surface area contributed by atoms with E-state index in [0.717, 1.165) is 0 Å². The van der Waals surface area contributed by atoms with Crippen LogP contribution in [0.15, 0.2) is 18.2 Å². The van der Waals surface area contributed by atoms with E-state index >= 15 is 0 Å². The first kappa shape index (κ1) is 14.2. The van der Waals surface area contributed by atoms with Gasteiger partial charge in [0, 0.05) is 5.02 Å². The number of rotatable bonds is 4. The fourth-order valence-electron chi connectivity index (χ4n) is 1.14. The maximum Gasteiger partial charge on any atom is 0.337 e. The number of hydrogen-bond acceptors (Lipinski definition) is 2. The van der Waals surface area contributed by atoms with E-state index in [1.807, 2.05) is 5.32 Å². The molecule has 0 atom stereocenters. The van der Waals surface area contributed by atoms with Gasteiger partial charge in [0.2, 0.25) is 0 Å². The highest BCUT2D eigenvalue weighted by molar-refractivity contribution is 6.31. The second-order valence-corrected chi connectivity index (χ2v) is 3.66. The molecule has 0 aliphatic heterocycles. The SMILES string of the molecule is O=C(NCC(F)F)Nc1cc(Cl)ccc1C(=O)O. The van der Waals surface area contributed by atoms with Crippen LogP contribution in [-0.2, 0) is 0 Å². The number of amides is 2. The summed E-state index contributed by atoms with van der Waals surface area (Å²) in [5, 5.41) is 13.1. The molecule has 0 bridgehead atoms. The van der Waals surface area contributed by atoms with E-state index in [4.69, 9.17) is 16.7 Å². The second-order valence-electron chi connectivity index (χ2n) is 3.22. The number of benzene rings is 1. The first-order chi connectivity index (χ1) is 8.40. The highest BCUT2D eigenvalue weighted by Gasteiger charge is 2.13. The molecule has 18 heavy (non-hydrogen) atoms. The number of carboxylic acids is 1. The number of anilines is 1. The van der Waals surface area contributed by atoms with Crippen molar-refractivity contribution in [3.63, 3.8) is 0 Å². The lowest BCUT2D eigenvalue weighted by molar-refractivity contribution is 0.0698. The summed E-state index contributed by atoms with van der Waals surface area (Å²) in [4.78, 5) is 22.1. The minimum Gasteiger partial charge on any atom is -0.478 e. The molecule has 0 fully saturated rings. The Balaban J connectivity index is 2.79. The number of nitrogens with one attached hydrogen (secondary N) is 2. The maximum atomic E-state index is 11.8. The Bertz CT molecular complexity index is 468. The summed E-state index contributed by atoms with van der Waals surface area (Å²) in [5.74, 6) is -1.27. The van der Waals surface area contributed by atoms with Crippen LogP contribution >= 0.6 is 11.6 Å². The molecule has 1 aromatic carbocycles. The lowest BCUT2D eigenvalue weighted by Crippen LogP contribution is -2.33. The zero-order valence-corrected chi connectivity index (χ0v) is 9.67. The van der Waals surface area contributed by atoms with Crippen molar-refractivity contribution in [1.29, 1.82) is 0 Å². The number of carboxylic acid groups (broad SMARTS) is 1. The van der Waals surface area contributed by atoms with Crippen LogP contribution in [0.3, 0.4) is 0 Å². The zero-order chi connectivity index (χ0) is 13.7. The van der Waals surface area contributed by atoms with Crippen LogP contribution in [0.5, 0.6) is 0 Å². The molecule has 0 aliphatic rings. The standard InChI is InChI=1S/C10H9ClF2N2O3/c11-5-1-2-6(9(16)17)7(3-5)15-10(18)14-4-8(12)13/h1-3,8H,4H2,(H,16,17)(H2,14,15,18). The fourth-order valence-corrected chi connectivity index (χ4v) is 1.31. The summed E-state index contributed by atoms with van der Waals surface area (Å²) in [6, 6.07) is 2.83. The largest absolute Gasteiger partial charge is 0.478 e. The summed E-state index contributed by atoms with van der Waals surface area (Å²) < 4.78 is 23.7. The van der Waals surface area contributed by atoms with Crippen molar-refractivity contribution in [3.8, 4) is 0 Å². The average molecular weight is 279 g/mol. The van der Waals surface area contributed by atoms with Gasteiger partial charge in [0.1, 0.15) is 0 Å². The van der Waals surface area contributed by atoms with Gasteiger partial charge >= 0.3 is 12.0 Å². The molecule has 8 heteroatoms. The minimum absolute atomic E-state index is 0.0678. The van der Waals surface area contributed by atoms with Gasteiger partial charge < -0.3 is 15.7 Å². The van der Waals surface area contributed by atoms with Crippen molar-refractivity contribution in [2.24, 2.45) is 0 Å². The van der Waals surface area contributed by atoms with Crippen LogP contribution in [0, 0.1) is 0 Å². The van der Waals surface area contributed by atoms with E-state index < -0.39 is 25.0 Å². The van der Waals surface area contributed by atoms with Gasteiger partial charge in [0.05, 0.1) is 17.8 Å². The Hall–Kier alpha value is -1.89. The monoisotopic (exact) mass is 278 g/mol. The van der Waals surface area contributed by atoms with E-state index in [1.54, 1.807) is 0 Å². The van der Waals surface area contributed by atoms with Crippen LogP contribution in [-0.4, -0.2) is 30.1 Å². The predicted molar refractivity (Wildman–Crippen MR) is 61.4 cm³/mol. The third-order valence-corrected chi connectivity index (χ3v) is 2.11. The topological polar surface area (TPSA) is 78.4 Å². The highest BCUT2D eigenvalue weighted by Crippen LogP contribution is 2.21. The van der Waals surface area contributed by atoms with Crippen LogP contribution < -0.4 is 10.6 Å². The molecule has 5 nitrogen and oxygen atoms in total. The van der Waals surface area contributed by atoms with E-state index in [9.17, 15) is 18.4 Å². The fraction of sp³-hybridized carbons (Fsp3) is 0.200. The Labute approximate surface area is 106 Å². The summed E-state index contributed by atoms with van der Waals surface area (Å²) in [5.41, 5.74) is -0.256. The third kappa shape index (κ3) is 4.17. The molecule has 0 radical (unpaired) electrons. The number of hydrogen-bond donors (Lipinski definition) is 3. The quantitative estimate of drug-likeness (QED) is 0.791. The summed E-state index contributed by atoms with van der Waals surface area (Å²) >= 11 is 5.65. The Morgan fingerprint density at radius 3 is 2.61 bits per heavy atom. The van der Waals surface area contributed by atoms with Gasteiger partial charge in [0.25, 0.3) is 6.43 Å². The molecule has 0 heterocycles. The molecule has 98 valence electrons. The Kier molecular flexibility index (Phi) is 4.85. The number of aromatic carboxylic acids is 1. The molecule has 0 spiro atoms. The second kappa shape index (κ2) is 6.15. The highest BCUT2D eigenvalue weighted by atomic mass is 35.5. The van der Waals surface area contributed by atoms with Crippen molar-refractivity contribution in [2.75, 3.05) is 11.9 Å². The first-order valence-electron chi connectivity index (χ1n) is 4.76. The number of carbonyl (C=O) groups is 2. The van der Waals surface area contributed by atoms with E-state index in [2.05, 4.69) is 5.32 Å². The third-order valence-electron chi connectivity index (χ3n) is 1.88. The van der Waals surface area contributed by atoms with Gasteiger partial charge in [-0.25, -0.2) is 18.4 Å². The van der Waals surface area contributed by atoms with Crippen LogP contribution in [0.1, 0.15) is 10.4 Å². The van der Waals surface area contributed by atoms with Crippen molar-refractivity contribution in [3.05, 3.63) is 28.8 Å². The number of carbonyl (C=O) groups excluding carboxylic acids is 1. The molecule has 0 saturated carbocycles. The smallest absolute Gasteiger partial charge is 0.337 e. The normalized spacial score (nSPS) is 10.2. The molecule has 1 rings (SSSR count). The Morgan fingerprint density at radius 2 is 2.06 bits per heavy atom. The van der Waals surface area contributed by atoms with Crippen molar-refractivity contribution in [1.82, 2.24) is 5.32 Å². The van der Waals surface area contributed by atoms with Crippen molar-refractivity contribution < 1.29 is 23.5 Å². The van der Waals surface area contributed by atoms with Crippen LogP contribution in [0.25, 0.3) is 0 Å². The van der Waals surface area contributed by atoms with Crippen molar-refractivity contribution in [2.45, 2.75) is 6.43 Å². The van der Waals surface area contributed by atoms with Gasteiger partial charge in [0.15, 0.2) is 0 Å². The molecule has 3 N–H and O–H groups in total. The molecule has 0 unspecified atom stereocenters. The molecule has 0 aromatic heterocycles. The van der Waals surface area contributed by atoms with E-state index in [1.165, 1.54) is 18.2 Å². The molecule has 0 aliphatic carbocycles. The summed E-state index contributed by atoms with van der Waals surface area (Å²) in [7, 11) is 0. The van der Waals surface area contributed by atoms with Gasteiger partial charge in [-0.15, -0.1) is 0 Å². The minimum atomic E-state index is -2.69. The van der Waals surface area contributed by atoms with Gasteiger partial charge in [-0.2, -0.15) is 0 Å². The number of alkyl halides is 2. The molecular weight excluding hydrogens is 270 g/mol. The summed E-state index contributed by atoms with van der Waals surface area (Å²) in [6.07, 6.45) is -2.69. The van der Waals surface area contributed by atoms with Gasteiger partial charge in [-0.3, -0.25) is 0 Å².